The van der Waals surface area contributed by atoms with Crippen LogP contribution in [0.15, 0.2) is 65.6 Å². The van der Waals surface area contributed by atoms with Gasteiger partial charge in [0, 0.05) is 16.3 Å². The Bertz CT molecular complexity index is 631. The first-order chi connectivity index (χ1) is 11.1. The molecule has 1 unspecified atom stereocenters. The SMILES string of the molecule is CC(OC(=O)CCSc1ccccc1)C(=O)Nc1ccccc1. The van der Waals surface area contributed by atoms with Gasteiger partial charge in [0.05, 0.1) is 6.42 Å². The lowest BCUT2D eigenvalue weighted by atomic mass is 10.3. The second-order valence-electron chi connectivity index (χ2n) is 4.90. The normalized spacial score (nSPS) is 11.5. The van der Waals surface area contributed by atoms with Crippen molar-refractivity contribution in [2.75, 3.05) is 11.1 Å². The zero-order chi connectivity index (χ0) is 16.5. The number of thioether (sulfide) groups is 1. The number of anilines is 1. The average molecular weight is 329 g/mol. The molecule has 0 aliphatic heterocycles. The van der Waals surface area contributed by atoms with E-state index in [0.717, 1.165) is 4.90 Å². The summed E-state index contributed by atoms with van der Waals surface area (Å²) in [5.41, 5.74) is 0.681. The van der Waals surface area contributed by atoms with E-state index in [0.29, 0.717) is 11.4 Å². The highest BCUT2D eigenvalue weighted by Gasteiger charge is 2.17. The molecule has 0 heterocycles. The molecule has 0 fully saturated rings. The lowest BCUT2D eigenvalue weighted by Gasteiger charge is -2.13. The van der Waals surface area contributed by atoms with E-state index in [9.17, 15) is 9.59 Å². The maximum Gasteiger partial charge on any atom is 0.307 e. The molecule has 0 spiro atoms. The third-order valence-corrected chi connectivity index (χ3v) is 4.05. The molecule has 0 aliphatic carbocycles. The summed E-state index contributed by atoms with van der Waals surface area (Å²) in [6.07, 6.45) is -0.549. The van der Waals surface area contributed by atoms with E-state index in [1.165, 1.54) is 0 Å². The van der Waals surface area contributed by atoms with Crippen LogP contribution < -0.4 is 5.32 Å². The fourth-order valence-corrected chi connectivity index (χ4v) is 2.70. The molecule has 0 saturated carbocycles. The fourth-order valence-electron chi connectivity index (χ4n) is 1.84. The Morgan fingerprint density at radius 2 is 1.65 bits per heavy atom. The Hall–Kier alpha value is -2.27. The first-order valence-electron chi connectivity index (χ1n) is 7.38. The predicted molar refractivity (Wildman–Crippen MR) is 92.4 cm³/mol. The van der Waals surface area contributed by atoms with Gasteiger partial charge in [0.15, 0.2) is 6.10 Å². The van der Waals surface area contributed by atoms with Crippen LogP contribution in [0.2, 0.25) is 0 Å². The summed E-state index contributed by atoms with van der Waals surface area (Å²) in [5, 5.41) is 2.71. The van der Waals surface area contributed by atoms with E-state index in [-0.39, 0.29) is 18.3 Å². The molecule has 0 aliphatic rings. The van der Waals surface area contributed by atoms with Crippen LogP contribution >= 0.6 is 11.8 Å². The third-order valence-electron chi connectivity index (χ3n) is 3.04. The topological polar surface area (TPSA) is 55.4 Å². The van der Waals surface area contributed by atoms with Gasteiger partial charge in [-0.2, -0.15) is 0 Å². The third kappa shape index (κ3) is 6.16. The van der Waals surface area contributed by atoms with Crippen molar-refractivity contribution in [1.29, 1.82) is 0 Å². The Kier molecular flexibility index (Phi) is 6.69. The fraction of sp³-hybridized carbons (Fsp3) is 0.222. The molecule has 1 amide bonds. The number of carbonyl (C=O) groups excluding carboxylic acids is 2. The maximum absolute atomic E-state index is 11.9. The molecule has 0 radical (unpaired) electrons. The molecule has 5 heteroatoms. The van der Waals surface area contributed by atoms with Gasteiger partial charge in [-0.05, 0) is 31.2 Å². The smallest absolute Gasteiger partial charge is 0.307 e. The van der Waals surface area contributed by atoms with E-state index < -0.39 is 6.10 Å². The Morgan fingerprint density at radius 1 is 1.04 bits per heavy atom. The van der Waals surface area contributed by atoms with Gasteiger partial charge in [-0.25, -0.2) is 0 Å². The van der Waals surface area contributed by atoms with Crippen LogP contribution in [-0.4, -0.2) is 23.7 Å². The van der Waals surface area contributed by atoms with Crippen molar-refractivity contribution in [2.45, 2.75) is 24.3 Å². The standard InChI is InChI=1S/C18H19NO3S/c1-14(18(21)19-15-8-4-2-5-9-15)22-17(20)12-13-23-16-10-6-3-7-11-16/h2-11,14H,12-13H2,1H3,(H,19,21). The number of rotatable bonds is 7. The summed E-state index contributed by atoms with van der Waals surface area (Å²) in [5.74, 6) is -0.0834. The van der Waals surface area contributed by atoms with Gasteiger partial charge in [0.1, 0.15) is 0 Å². The van der Waals surface area contributed by atoms with E-state index in [1.54, 1.807) is 30.8 Å². The highest BCUT2D eigenvalue weighted by atomic mass is 32.2. The van der Waals surface area contributed by atoms with Gasteiger partial charge >= 0.3 is 5.97 Å². The highest BCUT2D eigenvalue weighted by molar-refractivity contribution is 7.99. The van der Waals surface area contributed by atoms with E-state index >= 15 is 0 Å². The molecule has 0 aromatic heterocycles. The van der Waals surface area contributed by atoms with Crippen molar-refractivity contribution in [3.63, 3.8) is 0 Å². The Morgan fingerprint density at radius 3 is 2.30 bits per heavy atom. The molecule has 120 valence electrons. The number of ether oxygens (including phenoxy) is 1. The molecular weight excluding hydrogens is 310 g/mol. The summed E-state index contributed by atoms with van der Waals surface area (Å²) in [4.78, 5) is 24.8. The van der Waals surface area contributed by atoms with Crippen LogP contribution in [0.5, 0.6) is 0 Å². The molecule has 4 nitrogen and oxygen atoms in total. The summed E-state index contributed by atoms with van der Waals surface area (Å²) in [6, 6.07) is 18.9. The van der Waals surface area contributed by atoms with Crippen LogP contribution in [0.25, 0.3) is 0 Å². The molecule has 2 aromatic rings. The summed E-state index contributed by atoms with van der Waals surface area (Å²) >= 11 is 1.59. The second-order valence-corrected chi connectivity index (χ2v) is 6.07. The van der Waals surface area contributed by atoms with E-state index in [1.807, 2.05) is 48.5 Å². The van der Waals surface area contributed by atoms with Crippen LogP contribution in [0.1, 0.15) is 13.3 Å². The summed E-state index contributed by atoms with van der Waals surface area (Å²) in [7, 11) is 0. The minimum Gasteiger partial charge on any atom is -0.453 e. The number of nitrogens with one attached hydrogen (secondary N) is 1. The summed E-state index contributed by atoms with van der Waals surface area (Å²) in [6.45, 7) is 1.57. The van der Waals surface area contributed by atoms with Gasteiger partial charge in [-0.1, -0.05) is 36.4 Å². The molecule has 0 bridgehead atoms. The number of hydrogen-bond donors (Lipinski definition) is 1. The molecule has 2 rings (SSSR count). The molecule has 1 N–H and O–H groups in total. The number of hydrogen-bond acceptors (Lipinski definition) is 4. The molecule has 0 saturated heterocycles. The number of benzene rings is 2. The number of para-hydroxylation sites is 1. The van der Waals surface area contributed by atoms with Gasteiger partial charge in [-0.3, -0.25) is 9.59 Å². The van der Waals surface area contributed by atoms with Crippen molar-refractivity contribution in [3.05, 3.63) is 60.7 Å². The molecule has 2 aromatic carbocycles. The number of carbonyl (C=O) groups is 2. The minimum absolute atomic E-state index is 0.266. The predicted octanol–water partition coefficient (Wildman–Crippen LogP) is 3.74. The Labute approximate surface area is 140 Å². The lowest BCUT2D eigenvalue weighted by Crippen LogP contribution is -2.30. The maximum atomic E-state index is 11.9. The van der Waals surface area contributed by atoms with Gasteiger partial charge in [0.2, 0.25) is 0 Å². The minimum atomic E-state index is -0.815. The molecule has 1 atom stereocenters. The van der Waals surface area contributed by atoms with Gasteiger partial charge in [-0.15, -0.1) is 11.8 Å². The van der Waals surface area contributed by atoms with Crippen LogP contribution in [-0.2, 0) is 14.3 Å². The van der Waals surface area contributed by atoms with Crippen molar-refractivity contribution in [3.8, 4) is 0 Å². The zero-order valence-corrected chi connectivity index (χ0v) is 13.7. The second kappa shape index (κ2) is 9.00. The first-order valence-corrected chi connectivity index (χ1v) is 8.37. The van der Waals surface area contributed by atoms with Crippen molar-refractivity contribution in [1.82, 2.24) is 0 Å². The largest absolute Gasteiger partial charge is 0.453 e. The zero-order valence-electron chi connectivity index (χ0n) is 12.9. The highest BCUT2D eigenvalue weighted by Crippen LogP contribution is 2.18. The summed E-state index contributed by atoms with van der Waals surface area (Å²) < 4.78 is 5.16. The van der Waals surface area contributed by atoms with Gasteiger partial charge in [0.25, 0.3) is 5.91 Å². The quantitative estimate of drug-likeness (QED) is 0.621. The Balaban J connectivity index is 1.70. The van der Waals surface area contributed by atoms with Crippen LogP contribution in [0, 0.1) is 0 Å². The lowest BCUT2D eigenvalue weighted by molar-refractivity contribution is -0.152. The first kappa shape index (κ1) is 17.1. The van der Waals surface area contributed by atoms with Crippen molar-refractivity contribution < 1.29 is 14.3 Å². The average Bonchev–Trinajstić information content (AvgIpc) is 2.56. The molecule has 23 heavy (non-hydrogen) atoms. The number of esters is 1. The van der Waals surface area contributed by atoms with Crippen molar-refractivity contribution >= 4 is 29.3 Å². The van der Waals surface area contributed by atoms with E-state index in [2.05, 4.69) is 5.32 Å². The number of amides is 1. The van der Waals surface area contributed by atoms with Gasteiger partial charge < -0.3 is 10.1 Å². The molecular formula is C18H19NO3S. The van der Waals surface area contributed by atoms with E-state index in [4.69, 9.17) is 4.74 Å². The van der Waals surface area contributed by atoms with Crippen molar-refractivity contribution in [2.24, 2.45) is 0 Å². The van der Waals surface area contributed by atoms with Crippen LogP contribution in [0.4, 0.5) is 5.69 Å². The monoisotopic (exact) mass is 329 g/mol. The van der Waals surface area contributed by atoms with Crippen LogP contribution in [0.3, 0.4) is 0 Å².